The fourth-order valence-corrected chi connectivity index (χ4v) is 4.49. The van der Waals surface area contributed by atoms with Gasteiger partial charge in [0.25, 0.3) is 0 Å². The van der Waals surface area contributed by atoms with Gasteiger partial charge in [0.05, 0.1) is 0 Å². The lowest BCUT2D eigenvalue weighted by molar-refractivity contribution is 0.588. The Morgan fingerprint density at radius 1 is 0.889 bits per heavy atom. The van der Waals surface area contributed by atoms with Crippen LogP contribution in [0.5, 0.6) is 0 Å². The fourth-order valence-electron chi connectivity index (χ4n) is 1.95. The normalized spacial score (nSPS) is 11.8. The Bertz CT molecular complexity index is 515. The van der Waals surface area contributed by atoms with Crippen LogP contribution in [0.4, 0.5) is 0 Å². The average Bonchev–Trinajstić information content (AvgIpc) is 2.46. The van der Waals surface area contributed by atoms with Crippen molar-refractivity contribution in [2.45, 2.75) is 6.92 Å². The second kappa shape index (κ2) is 5.84. The van der Waals surface area contributed by atoms with Gasteiger partial charge in [-0.1, -0.05) is 72.8 Å². The summed E-state index contributed by atoms with van der Waals surface area (Å²) in [7, 11) is -2.53. The van der Waals surface area contributed by atoms with E-state index in [-0.39, 0.29) is 0 Å². The minimum Gasteiger partial charge on any atom is -0.313 e. The van der Waals surface area contributed by atoms with Crippen LogP contribution >= 0.6 is 7.14 Å². The summed E-state index contributed by atoms with van der Waals surface area (Å²) in [6.07, 6.45) is 4.52. The van der Waals surface area contributed by atoms with Gasteiger partial charge in [-0.3, -0.25) is 0 Å². The lowest BCUT2D eigenvalue weighted by Crippen LogP contribution is -2.17. The summed E-state index contributed by atoms with van der Waals surface area (Å²) in [4.78, 5) is 0. The maximum atomic E-state index is 13.3. The van der Waals surface area contributed by atoms with Gasteiger partial charge in [-0.15, -0.1) is 0 Å². The van der Waals surface area contributed by atoms with E-state index >= 15 is 0 Å². The quantitative estimate of drug-likeness (QED) is 0.603. The van der Waals surface area contributed by atoms with Crippen molar-refractivity contribution < 1.29 is 4.57 Å². The molecule has 92 valence electrons. The SMILES string of the molecule is C/C=C\CP(=O)(c1ccccc1)c1ccccc1. The Balaban J connectivity index is 2.52. The summed E-state index contributed by atoms with van der Waals surface area (Å²) >= 11 is 0. The van der Waals surface area contributed by atoms with Crippen molar-refractivity contribution >= 4 is 17.8 Å². The molecular weight excluding hydrogens is 239 g/mol. The zero-order valence-corrected chi connectivity index (χ0v) is 11.4. The largest absolute Gasteiger partial charge is 0.313 e. The molecular formula is C16H17OP. The average molecular weight is 256 g/mol. The maximum absolute atomic E-state index is 13.3. The van der Waals surface area contributed by atoms with Gasteiger partial charge in [0, 0.05) is 16.8 Å². The Hall–Kier alpha value is -1.59. The van der Waals surface area contributed by atoms with Crippen molar-refractivity contribution in [3.63, 3.8) is 0 Å². The number of rotatable bonds is 4. The van der Waals surface area contributed by atoms with Crippen LogP contribution in [0.15, 0.2) is 72.8 Å². The van der Waals surface area contributed by atoms with Gasteiger partial charge in [-0.2, -0.15) is 0 Å². The molecule has 0 bridgehead atoms. The third-order valence-corrected chi connectivity index (χ3v) is 5.93. The summed E-state index contributed by atoms with van der Waals surface area (Å²) in [5, 5.41) is 1.85. The highest BCUT2D eigenvalue weighted by molar-refractivity contribution is 7.78. The van der Waals surface area contributed by atoms with Gasteiger partial charge in [0.1, 0.15) is 7.14 Å². The van der Waals surface area contributed by atoms with Gasteiger partial charge >= 0.3 is 0 Å². The molecule has 0 aliphatic heterocycles. The second-order valence-corrected chi connectivity index (χ2v) is 7.04. The Morgan fingerprint density at radius 2 is 1.33 bits per heavy atom. The number of hydrogen-bond acceptors (Lipinski definition) is 1. The van der Waals surface area contributed by atoms with Crippen LogP contribution < -0.4 is 10.6 Å². The van der Waals surface area contributed by atoms with Gasteiger partial charge in [0.15, 0.2) is 0 Å². The van der Waals surface area contributed by atoms with Crippen LogP contribution in [0.2, 0.25) is 0 Å². The standard InChI is InChI=1S/C16H17OP/c1-2-3-14-18(17,15-10-6-4-7-11-15)16-12-8-5-9-13-16/h2-13H,14H2,1H3/b3-2-. The summed E-state index contributed by atoms with van der Waals surface area (Å²) in [5.41, 5.74) is 0. The Labute approximate surface area is 109 Å². The molecule has 0 amide bonds. The van der Waals surface area contributed by atoms with Crippen molar-refractivity contribution in [2.24, 2.45) is 0 Å². The smallest absolute Gasteiger partial charge is 0.146 e. The van der Waals surface area contributed by atoms with Crippen molar-refractivity contribution in [3.8, 4) is 0 Å². The van der Waals surface area contributed by atoms with E-state index in [0.717, 1.165) is 10.6 Å². The molecule has 2 rings (SSSR count). The molecule has 0 saturated heterocycles. The third-order valence-electron chi connectivity index (χ3n) is 2.94. The molecule has 18 heavy (non-hydrogen) atoms. The van der Waals surface area contributed by atoms with Crippen molar-refractivity contribution in [3.05, 3.63) is 72.8 Å². The summed E-state index contributed by atoms with van der Waals surface area (Å²) in [6, 6.07) is 19.5. The minimum absolute atomic E-state index is 0.581. The Morgan fingerprint density at radius 3 is 1.72 bits per heavy atom. The molecule has 0 spiro atoms. The highest BCUT2D eigenvalue weighted by Crippen LogP contribution is 2.43. The van der Waals surface area contributed by atoms with Crippen LogP contribution in [0, 0.1) is 0 Å². The molecule has 2 heteroatoms. The summed E-state index contributed by atoms with van der Waals surface area (Å²) in [6.45, 7) is 1.96. The predicted octanol–water partition coefficient (Wildman–Crippen LogP) is 3.58. The molecule has 0 unspecified atom stereocenters. The third kappa shape index (κ3) is 2.63. The van der Waals surface area contributed by atoms with E-state index in [0.29, 0.717) is 6.16 Å². The van der Waals surface area contributed by atoms with E-state index in [9.17, 15) is 4.57 Å². The molecule has 0 radical (unpaired) electrons. The van der Waals surface area contributed by atoms with E-state index in [4.69, 9.17) is 0 Å². The first kappa shape index (κ1) is 12.9. The van der Waals surface area contributed by atoms with Crippen molar-refractivity contribution in [1.29, 1.82) is 0 Å². The molecule has 2 aromatic rings. The lowest BCUT2D eigenvalue weighted by Gasteiger charge is -2.17. The molecule has 0 aliphatic carbocycles. The van der Waals surface area contributed by atoms with Crippen molar-refractivity contribution in [1.82, 2.24) is 0 Å². The summed E-state index contributed by atoms with van der Waals surface area (Å²) in [5.74, 6) is 0. The summed E-state index contributed by atoms with van der Waals surface area (Å²) < 4.78 is 13.3. The molecule has 1 nitrogen and oxygen atoms in total. The van der Waals surface area contributed by atoms with Gasteiger partial charge in [-0.25, -0.2) is 0 Å². The topological polar surface area (TPSA) is 17.1 Å². The molecule has 2 aromatic carbocycles. The molecule has 0 aliphatic rings. The Kier molecular flexibility index (Phi) is 4.17. The molecule has 0 atom stereocenters. The van der Waals surface area contributed by atoms with E-state index in [2.05, 4.69) is 0 Å². The monoisotopic (exact) mass is 256 g/mol. The number of hydrogen-bond donors (Lipinski definition) is 0. The molecule has 0 aromatic heterocycles. The van der Waals surface area contributed by atoms with E-state index < -0.39 is 7.14 Å². The second-order valence-electron chi connectivity index (χ2n) is 4.16. The van der Waals surface area contributed by atoms with Crippen LogP contribution in [0.3, 0.4) is 0 Å². The minimum atomic E-state index is -2.53. The molecule has 0 heterocycles. The lowest BCUT2D eigenvalue weighted by atomic mass is 10.4. The predicted molar refractivity (Wildman–Crippen MR) is 79.4 cm³/mol. The van der Waals surface area contributed by atoms with Crippen LogP contribution in [-0.2, 0) is 4.57 Å². The highest BCUT2D eigenvalue weighted by Gasteiger charge is 2.25. The zero-order valence-electron chi connectivity index (χ0n) is 10.5. The highest BCUT2D eigenvalue weighted by atomic mass is 31.2. The molecule has 0 saturated carbocycles. The van der Waals surface area contributed by atoms with Gasteiger partial charge in [-0.05, 0) is 6.92 Å². The number of allylic oxidation sites excluding steroid dienone is 2. The molecule has 0 N–H and O–H groups in total. The van der Waals surface area contributed by atoms with Crippen LogP contribution in [0.25, 0.3) is 0 Å². The number of benzene rings is 2. The first-order valence-electron chi connectivity index (χ1n) is 6.09. The van der Waals surface area contributed by atoms with E-state index in [1.54, 1.807) is 0 Å². The van der Waals surface area contributed by atoms with E-state index in [1.807, 2.05) is 79.7 Å². The van der Waals surface area contributed by atoms with Crippen LogP contribution in [0.1, 0.15) is 6.92 Å². The molecule has 0 fully saturated rings. The first-order valence-corrected chi connectivity index (χ1v) is 7.98. The van der Waals surface area contributed by atoms with E-state index in [1.165, 1.54) is 0 Å². The first-order chi connectivity index (χ1) is 8.77. The maximum Gasteiger partial charge on any atom is 0.146 e. The van der Waals surface area contributed by atoms with Gasteiger partial charge < -0.3 is 4.57 Å². The fraction of sp³-hybridized carbons (Fsp3) is 0.125. The van der Waals surface area contributed by atoms with Gasteiger partial charge in [0.2, 0.25) is 0 Å². The van der Waals surface area contributed by atoms with Crippen molar-refractivity contribution in [2.75, 3.05) is 6.16 Å². The zero-order chi connectivity index (χ0) is 12.8. The van der Waals surface area contributed by atoms with Crippen LogP contribution in [-0.4, -0.2) is 6.16 Å².